The first kappa shape index (κ1) is 13.0. The van der Waals surface area contributed by atoms with Gasteiger partial charge < -0.3 is 5.73 Å². The van der Waals surface area contributed by atoms with Crippen LogP contribution in [0.5, 0.6) is 0 Å². The van der Waals surface area contributed by atoms with Crippen LogP contribution in [0.15, 0.2) is 18.2 Å². The molecule has 0 amide bonds. The standard InChI is InChI=1S/C12H16F3N/c1-8-4-5-9(11(2,3)7-16)6-10(8)12(13,14)15/h4-6H,7,16H2,1-3H3. The van der Waals surface area contributed by atoms with Crippen LogP contribution in [0.25, 0.3) is 0 Å². The van der Waals surface area contributed by atoms with E-state index in [4.69, 9.17) is 5.73 Å². The van der Waals surface area contributed by atoms with Crippen molar-refractivity contribution in [3.63, 3.8) is 0 Å². The molecule has 1 aromatic carbocycles. The zero-order chi connectivity index (χ0) is 12.6. The molecule has 0 atom stereocenters. The second-order valence-electron chi connectivity index (χ2n) is 4.62. The third-order valence-corrected chi connectivity index (χ3v) is 2.83. The SMILES string of the molecule is Cc1ccc(C(C)(C)CN)cc1C(F)(F)F. The van der Waals surface area contributed by atoms with E-state index in [-0.39, 0.29) is 5.56 Å². The van der Waals surface area contributed by atoms with Gasteiger partial charge in [-0.2, -0.15) is 13.2 Å². The Hall–Kier alpha value is -1.03. The molecule has 1 nitrogen and oxygen atoms in total. The molecule has 0 heterocycles. The third-order valence-electron chi connectivity index (χ3n) is 2.83. The summed E-state index contributed by atoms with van der Waals surface area (Å²) in [6.07, 6.45) is -4.30. The summed E-state index contributed by atoms with van der Waals surface area (Å²) in [5, 5.41) is 0. The van der Waals surface area contributed by atoms with Gasteiger partial charge in [-0.1, -0.05) is 26.0 Å². The normalized spacial score (nSPS) is 12.9. The first-order valence-electron chi connectivity index (χ1n) is 5.07. The predicted octanol–water partition coefficient (Wildman–Crippen LogP) is 3.25. The maximum absolute atomic E-state index is 12.7. The van der Waals surface area contributed by atoms with Crippen LogP contribution in [0.3, 0.4) is 0 Å². The zero-order valence-corrected chi connectivity index (χ0v) is 9.65. The smallest absolute Gasteiger partial charge is 0.330 e. The summed E-state index contributed by atoms with van der Waals surface area (Å²) in [5.74, 6) is 0. The molecule has 0 bridgehead atoms. The Bertz CT molecular complexity index is 380. The second kappa shape index (κ2) is 4.09. The van der Waals surface area contributed by atoms with Crippen molar-refractivity contribution < 1.29 is 13.2 Å². The molecular formula is C12H16F3N. The van der Waals surface area contributed by atoms with Crippen molar-refractivity contribution in [3.8, 4) is 0 Å². The van der Waals surface area contributed by atoms with Crippen LogP contribution < -0.4 is 5.73 Å². The minimum Gasteiger partial charge on any atom is -0.330 e. The molecule has 4 heteroatoms. The fourth-order valence-electron chi connectivity index (χ4n) is 1.47. The topological polar surface area (TPSA) is 26.0 Å². The van der Waals surface area contributed by atoms with Crippen LogP contribution in [-0.4, -0.2) is 6.54 Å². The Morgan fingerprint density at radius 2 is 1.75 bits per heavy atom. The van der Waals surface area contributed by atoms with Crippen LogP contribution in [0, 0.1) is 6.92 Å². The Labute approximate surface area is 93.5 Å². The first-order chi connectivity index (χ1) is 7.18. The van der Waals surface area contributed by atoms with Gasteiger partial charge in [0.2, 0.25) is 0 Å². The van der Waals surface area contributed by atoms with Crippen LogP contribution in [0.4, 0.5) is 13.2 Å². The molecule has 1 rings (SSSR count). The number of nitrogens with two attached hydrogens (primary N) is 1. The molecule has 16 heavy (non-hydrogen) atoms. The number of alkyl halides is 3. The number of aryl methyl sites for hydroxylation is 1. The van der Waals surface area contributed by atoms with Crippen molar-refractivity contribution in [1.82, 2.24) is 0 Å². The van der Waals surface area contributed by atoms with Gasteiger partial charge in [0.15, 0.2) is 0 Å². The lowest BCUT2D eigenvalue weighted by Gasteiger charge is -2.24. The fourth-order valence-corrected chi connectivity index (χ4v) is 1.47. The molecule has 0 fully saturated rings. The van der Waals surface area contributed by atoms with Crippen molar-refractivity contribution in [2.75, 3.05) is 6.54 Å². The lowest BCUT2D eigenvalue weighted by molar-refractivity contribution is -0.138. The number of halogens is 3. The number of hydrogen-bond donors (Lipinski definition) is 1. The summed E-state index contributed by atoms with van der Waals surface area (Å²) in [7, 11) is 0. The Morgan fingerprint density at radius 1 is 1.19 bits per heavy atom. The van der Waals surface area contributed by atoms with E-state index < -0.39 is 17.2 Å². The van der Waals surface area contributed by atoms with E-state index in [9.17, 15) is 13.2 Å². The molecule has 2 N–H and O–H groups in total. The van der Waals surface area contributed by atoms with E-state index in [1.807, 2.05) is 13.8 Å². The highest BCUT2D eigenvalue weighted by molar-refractivity contribution is 5.36. The maximum Gasteiger partial charge on any atom is 0.416 e. The van der Waals surface area contributed by atoms with Gasteiger partial charge in [0, 0.05) is 12.0 Å². The van der Waals surface area contributed by atoms with Gasteiger partial charge in [-0.05, 0) is 24.1 Å². The summed E-state index contributed by atoms with van der Waals surface area (Å²) >= 11 is 0. The summed E-state index contributed by atoms with van der Waals surface area (Å²) < 4.78 is 38.1. The molecule has 0 saturated carbocycles. The van der Waals surface area contributed by atoms with E-state index in [1.54, 1.807) is 6.07 Å². The van der Waals surface area contributed by atoms with Gasteiger partial charge in [0.1, 0.15) is 0 Å². The Morgan fingerprint density at radius 3 is 2.19 bits per heavy atom. The quantitative estimate of drug-likeness (QED) is 0.830. The maximum atomic E-state index is 12.7. The summed E-state index contributed by atoms with van der Waals surface area (Å²) in [6.45, 7) is 5.44. The summed E-state index contributed by atoms with van der Waals surface area (Å²) in [4.78, 5) is 0. The Balaban J connectivity index is 3.29. The highest BCUT2D eigenvalue weighted by Gasteiger charge is 2.33. The van der Waals surface area contributed by atoms with Crippen LogP contribution in [0.1, 0.15) is 30.5 Å². The average Bonchev–Trinajstić information content (AvgIpc) is 2.16. The third kappa shape index (κ3) is 2.55. The monoisotopic (exact) mass is 231 g/mol. The molecule has 0 radical (unpaired) electrons. The van der Waals surface area contributed by atoms with E-state index >= 15 is 0 Å². The minimum absolute atomic E-state index is 0.240. The molecule has 0 aliphatic carbocycles. The van der Waals surface area contributed by atoms with Crippen LogP contribution in [-0.2, 0) is 11.6 Å². The van der Waals surface area contributed by atoms with Crippen molar-refractivity contribution in [2.24, 2.45) is 5.73 Å². The highest BCUT2D eigenvalue weighted by atomic mass is 19.4. The molecule has 0 aromatic heterocycles. The van der Waals surface area contributed by atoms with Gasteiger partial charge >= 0.3 is 6.18 Å². The van der Waals surface area contributed by atoms with Gasteiger partial charge in [0.05, 0.1) is 5.56 Å². The second-order valence-corrected chi connectivity index (χ2v) is 4.62. The largest absolute Gasteiger partial charge is 0.416 e. The number of hydrogen-bond acceptors (Lipinski definition) is 1. The molecule has 90 valence electrons. The first-order valence-corrected chi connectivity index (χ1v) is 5.07. The zero-order valence-electron chi connectivity index (χ0n) is 9.65. The molecule has 0 aliphatic heterocycles. The molecule has 0 spiro atoms. The lowest BCUT2D eigenvalue weighted by Crippen LogP contribution is -2.28. The lowest BCUT2D eigenvalue weighted by atomic mass is 9.83. The minimum atomic E-state index is -4.30. The average molecular weight is 231 g/mol. The van der Waals surface area contributed by atoms with Gasteiger partial charge in [0.25, 0.3) is 0 Å². The molecule has 0 saturated heterocycles. The predicted molar refractivity (Wildman–Crippen MR) is 58.3 cm³/mol. The summed E-state index contributed by atoms with van der Waals surface area (Å²) in [5.41, 5.74) is 5.40. The summed E-state index contributed by atoms with van der Waals surface area (Å²) in [6, 6.07) is 4.40. The van der Waals surface area contributed by atoms with Gasteiger partial charge in [-0.15, -0.1) is 0 Å². The molecular weight excluding hydrogens is 215 g/mol. The fraction of sp³-hybridized carbons (Fsp3) is 0.500. The van der Waals surface area contributed by atoms with Gasteiger partial charge in [-0.3, -0.25) is 0 Å². The van der Waals surface area contributed by atoms with E-state index in [0.29, 0.717) is 12.1 Å². The van der Waals surface area contributed by atoms with E-state index in [1.165, 1.54) is 19.1 Å². The van der Waals surface area contributed by atoms with E-state index in [0.717, 1.165) is 0 Å². The Kier molecular flexibility index (Phi) is 3.33. The molecule has 0 unspecified atom stereocenters. The van der Waals surface area contributed by atoms with Crippen molar-refractivity contribution in [3.05, 3.63) is 34.9 Å². The molecule has 0 aliphatic rings. The van der Waals surface area contributed by atoms with Crippen molar-refractivity contribution in [1.29, 1.82) is 0 Å². The molecule has 1 aromatic rings. The number of rotatable bonds is 2. The van der Waals surface area contributed by atoms with Crippen LogP contribution >= 0.6 is 0 Å². The van der Waals surface area contributed by atoms with Crippen molar-refractivity contribution >= 4 is 0 Å². The van der Waals surface area contributed by atoms with E-state index in [2.05, 4.69) is 0 Å². The highest BCUT2D eigenvalue weighted by Crippen LogP contribution is 2.34. The van der Waals surface area contributed by atoms with Crippen LogP contribution in [0.2, 0.25) is 0 Å². The number of benzene rings is 1. The van der Waals surface area contributed by atoms with Gasteiger partial charge in [-0.25, -0.2) is 0 Å². The van der Waals surface area contributed by atoms with Crippen molar-refractivity contribution in [2.45, 2.75) is 32.4 Å².